The highest BCUT2D eigenvalue weighted by Crippen LogP contribution is 2.29. The van der Waals surface area contributed by atoms with E-state index in [9.17, 15) is 18.0 Å². The fourth-order valence-electron chi connectivity index (χ4n) is 2.75. The minimum absolute atomic E-state index is 0.176. The molecular formula is C21H25F3N2O. The van der Waals surface area contributed by atoms with Crippen molar-refractivity contribution in [2.24, 2.45) is 0 Å². The molecule has 0 radical (unpaired) electrons. The van der Waals surface area contributed by atoms with E-state index in [4.69, 9.17) is 0 Å². The smallest absolute Gasteiger partial charge is 0.348 e. The number of hydrogen-bond acceptors (Lipinski definition) is 2. The Morgan fingerprint density at radius 2 is 1.56 bits per heavy atom. The molecular weight excluding hydrogens is 353 g/mol. The second-order valence-electron chi connectivity index (χ2n) is 6.73. The van der Waals surface area contributed by atoms with E-state index >= 15 is 0 Å². The first-order valence-electron chi connectivity index (χ1n) is 8.98. The zero-order valence-corrected chi connectivity index (χ0v) is 15.8. The van der Waals surface area contributed by atoms with Crippen molar-refractivity contribution in [2.75, 3.05) is 6.54 Å². The Morgan fingerprint density at radius 3 is 2.04 bits per heavy atom. The van der Waals surface area contributed by atoms with Gasteiger partial charge in [-0.3, -0.25) is 9.69 Å². The van der Waals surface area contributed by atoms with Gasteiger partial charge in [0.05, 0.1) is 5.56 Å². The molecule has 146 valence electrons. The fraction of sp³-hybridized carbons (Fsp3) is 0.381. The molecule has 0 aliphatic carbocycles. The number of alkyl halides is 3. The van der Waals surface area contributed by atoms with Crippen LogP contribution < -0.4 is 5.32 Å². The van der Waals surface area contributed by atoms with Crippen LogP contribution >= 0.6 is 0 Å². The molecule has 0 spiro atoms. The second kappa shape index (κ2) is 9.04. The summed E-state index contributed by atoms with van der Waals surface area (Å²) in [6, 6.07) is 12.6. The Kier molecular flexibility index (Phi) is 7.02. The Morgan fingerprint density at radius 1 is 1.00 bits per heavy atom. The average Bonchev–Trinajstić information content (AvgIpc) is 2.64. The molecule has 0 aliphatic heterocycles. The van der Waals surface area contributed by atoms with Gasteiger partial charge in [-0.2, -0.15) is 13.2 Å². The van der Waals surface area contributed by atoms with Crippen molar-refractivity contribution in [1.29, 1.82) is 0 Å². The van der Waals surface area contributed by atoms with Gasteiger partial charge in [0.15, 0.2) is 0 Å². The molecule has 0 unspecified atom stereocenters. The van der Waals surface area contributed by atoms with Crippen molar-refractivity contribution < 1.29 is 18.0 Å². The largest absolute Gasteiger partial charge is 0.416 e. The van der Waals surface area contributed by atoms with Crippen molar-refractivity contribution in [3.63, 3.8) is 0 Å². The number of halogens is 3. The molecule has 1 amide bonds. The van der Waals surface area contributed by atoms with Gasteiger partial charge in [-0.25, -0.2) is 0 Å². The minimum atomic E-state index is -4.35. The number of nitrogens with zero attached hydrogens (tertiary/aromatic N) is 1. The molecule has 0 saturated carbocycles. The van der Waals surface area contributed by atoms with E-state index in [-0.39, 0.29) is 12.5 Å². The van der Waals surface area contributed by atoms with E-state index in [0.29, 0.717) is 17.2 Å². The molecule has 1 N–H and O–H groups in total. The van der Waals surface area contributed by atoms with Crippen LogP contribution in [0.15, 0.2) is 48.5 Å². The lowest BCUT2D eigenvalue weighted by Gasteiger charge is -2.24. The molecule has 0 fully saturated rings. The highest BCUT2D eigenvalue weighted by atomic mass is 19.4. The number of rotatable bonds is 7. The minimum Gasteiger partial charge on any atom is -0.348 e. The molecule has 3 nitrogen and oxygen atoms in total. The van der Waals surface area contributed by atoms with Gasteiger partial charge in [0.25, 0.3) is 5.91 Å². The number of nitrogens with one attached hydrogen (secondary N) is 1. The third-order valence-electron chi connectivity index (χ3n) is 4.47. The van der Waals surface area contributed by atoms with Crippen LogP contribution in [0.2, 0.25) is 0 Å². The molecule has 2 aromatic carbocycles. The predicted molar refractivity (Wildman–Crippen MR) is 100 cm³/mol. The van der Waals surface area contributed by atoms with E-state index in [1.165, 1.54) is 12.1 Å². The first-order valence-corrected chi connectivity index (χ1v) is 8.98. The van der Waals surface area contributed by atoms with Gasteiger partial charge in [0.2, 0.25) is 0 Å². The van der Waals surface area contributed by atoms with Gasteiger partial charge in [-0.1, -0.05) is 31.2 Å². The molecule has 0 aliphatic rings. The normalized spacial score (nSPS) is 11.9. The summed E-state index contributed by atoms with van der Waals surface area (Å²) in [6.07, 6.45) is -4.35. The third kappa shape index (κ3) is 6.10. The quantitative estimate of drug-likeness (QED) is 0.746. The Labute approximate surface area is 158 Å². The number of hydrogen-bond donors (Lipinski definition) is 1. The molecule has 0 saturated heterocycles. The van der Waals surface area contributed by atoms with Crippen LogP contribution in [0.3, 0.4) is 0 Å². The maximum atomic E-state index is 12.6. The van der Waals surface area contributed by atoms with Crippen molar-refractivity contribution in [3.8, 4) is 0 Å². The van der Waals surface area contributed by atoms with Crippen molar-refractivity contribution in [1.82, 2.24) is 10.2 Å². The van der Waals surface area contributed by atoms with Crippen LogP contribution in [-0.4, -0.2) is 23.4 Å². The van der Waals surface area contributed by atoms with Crippen LogP contribution in [0.4, 0.5) is 13.2 Å². The first-order chi connectivity index (χ1) is 12.7. The Balaban J connectivity index is 1.92. The van der Waals surface area contributed by atoms with Crippen molar-refractivity contribution in [3.05, 3.63) is 70.8 Å². The zero-order valence-electron chi connectivity index (χ0n) is 15.8. The van der Waals surface area contributed by atoms with E-state index in [2.05, 4.69) is 31.0 Å². The topological polar surface area (TPSA) is 32.3 Å². The van der Waals surface area contributed by atoms with E-state index in [0.717, 1.165) is 30.8 Å². The monoisotopic (exact) mass is 378 g/mol. The van der Waals surface area contributed by atoms with Crippen molar-refractivity contribution in [2.45, 2.75) is 46.1 Å². The van der Waals surface area contributed by atoms with Gasteiger partial charge < -0.3 is 5.32 Å². The molecule has 2 aromatic rings. The summed E-state index contributed by atoms with van der Waals surface area (Å²) in [5.41, 5.74) is 1.57. The van der Waals surface area contributed by atoms with Gasteiger partial charge >= 0.3 is 6.18 Å². The zero-order chi connectivity index (χ0) is 20.0. The molecule has 27 heavy (non-hydrogen) atoms. The fourth-order valence-corrected chi connectivity index (χ4v) is 2.75. The highest BCUT2D eigenvalue weighted by Gasteiger charge is 2.29. The standard InChI is InChI=1S/C21H25F3N2O/c1-4-26(15(2)3)14-17-5-9-18(10-6-17)20(27)25-13-16-7-11-19(12-8-16)21(22,23)24/h5-12,15H,4,13-14H2,1-3H3,(H,25,27). The van der Waals surface area contributed by atoms with Crippen LogP contribution in [0.25, 0.3) is 0 Å². The summed E-state index contributed by atoms with van der Waals surface area (Å²) in [5, 5.41) is 2.73. The lowest BCUT2D eigenvalue weighted by molar-refractivity contribution is -0.137. The Hall–Kier alpha value is -2.34. The maximum Gasteiger partial charge on any atom is 0.416 e. The molecule has 0 heterocycles. The van der Waals surface area contributed by atoms with Gasteiger partial charge in [-0.15, -0.1) is 0 Å². The molecule has 2 rings (SSSR count). The summed E-state index contributed by atoms with van der Waals surface area (Å²) in [7, 11) is 0. The molecule has 6 heteroatoms. The van der Waals surface area contributed by atoms with Crippen LogP contribution in [0.1, 0.15) is 47.8 Å². The number of carbonyl (C=O) groups excluding carboxylic acids is 1. The Bertz CT molecular complexity index is 738. The van der Waals surface area contributed by atoms with Crippen LogP contribution in [0.5, 0.6) is 0 Å². The summed E-state index contributed by atoms with van der Waals surface area (Å²) in [5.74, 6) is -0.252. The van der Waals surface area contributed by atoms with Gasteiger partial charge in [-0.05, 0) is 55.8 Å². The lowest BCUT2D eigenvalue weighted by Crippen LogP contribution is -2.30. The molecule has 0 bridgehead atoms. The summed E-state index contributed by atoms with van der Waals surface area (Å²) >= 11 is 0. The number of benzene rings is 2. The van der Waals surface area contributed by atoms with Crippen molar-refractivity contribution >= 4 is 5.91 Å². The average molecular weight is 378 g/mol. The molecule has 0 aromatic heterocycles. The third-order valence-corrected chi connectivity index (χ3v) is 4.47. The lowest BCUT2D eigenvalue weighted by atomic mass is 10.1. The van der Waals surface area contributed by atoms with Crippen LogP contribution in [0, 0.1) is 0 Å². The summed E-state index contributed by atoms with van der Waals surface area (Å²) in [6.45, 7) is 8.35. The number of carbonyl (C=O) groups is 1. The SMILES string of the molecule is CCN(Cc1ccc(C(=O)NCc2ccc(C(F)(F)F)cc2)cc1)C(C)C. The van der Waals surface area contributed by atoms with Crippen LogP contribution in [-0.2, 0) is 19.3 Å². The van der Waals surface area contributed by atoms with Gasteiger partial charge in [0, 0.05) is 24.7 Å². The van der Waals surface area contributed by atoms with E-state index < -0.39 is 11.7 Å². The number of amides is 1. The first kappa shape index (κ1) is 21.0. The summed E-state index contributed by atoms with van der Waals surface area (Å²) in [4.78, 5) is 14.6. The maximum absolute atomic E-state index is 12.6. The van der Waals surface area contributed by atoms with Gasteiger partial charge in [0.1, 0.15) is 0 Å². The van der Waals surface area contributed by atoms with E-state index in [1.807, 2.05) is 12.1 Å². The van der Waals surface area contributed by atoms with E-state index in [1.54, 1.807) is 12.1 Å². The molecule has 0 atom stereocenters. The second-order valence-corrected chi connectivity index (χ2v) is 6.73. The highest BCUT2D eigenvalue weighted by molar-refractivity contribution is 5.94. The predicted octanol–water partition coefficient (Wildman–Crippen LogP) is 4.87. The summed E-state index contributed by atoms with van der Waals surface area (Å²) < 4.78 is 37.7.